The van der Waals surface area contributed by atoms with Crippen molar-refractivity contribution in [2.45, 2.75) is 6.92 Å². The topological polar surface area (TPSA) is 83.7 Å². The van der Waals surface area contributed by atoms with Gasteiger partial charge in [0.1, 0.15) is 0 Å². The minimum atomic E-state index is -0.442. The van der Waals surface area contributed by atoms with Crippen LogP contribution in [0.2, 0.25) is 0 Å². The average Bonchev–Trinajstić information content (AvgIpc) is 2.67. The van der Waals surface area contributed by atoms with Crippen LogP contribution in [-0.2, 0) is 0 Å². The highest BCUT2D eigenvalue weighted by molar-refractivity contribution is 5.95. The molecule has 6 nitrogen and oxygen atoms in total. The van der Waals surface area contributed by atoms with Crippen LogP contribution in [-0.4, -0.2) is 21.8 Å². The van der Waals surface area contributed by atoms with Crippen molar-refractivity contribution >= 4 is 12.1 Å². The summed E-state index contributed by atoms with van der Waals surface area (Å²) < 4.78 is 1.64. The lowest BCUT2D eigenvalue weighted by atomic mass is 10.1. The van der Waals surface area contributed by atoms with Crippen LogP contribution >= 0.6 is 0 Å². The molecule has 0 unspecified atom stereocenters. The monoisotopic (exact) mass is 347 g/mol. The van der Waals surface area contributed by atoms with Crippen LogP contribution in [0, 0.1) is 6.92 Å². The van der Waals surface area contributed by atoms with Crippen LogP contribution in [0.1, 0.15) is 21.6 Å². The molecule has 0 fully saturated rings. The SMILES string of the molecule is Cc1c(O)c(=O)ccn1-c1cccc(C(=O)NN=Cc2ccccc2)c1. The normalized spacial score (nSPS) is 10.8. The average molecular weight is 347 g/mol. The molecule has 0 aliphatic carbocycles. The molecule has 2 N–H and O–H groups in total. The van der Waals surface area contributed by atoms with E-state index in [9.17, 15) is 14.7 Å². The molecule has 0 radical (unpaired) electrons. The quantitative estimate of drug-likeness (QED) is 0.562. The van der Waals surface area contributed by atoms with Gasteiger partial charge in [-0.15, -0.1) is 0 Å². The second-order valence-electron chi connectivity index (χ2n) is 5.64. The Morgan fingerprint density at radius 3 is 2.65 bits per heavy atom. The Kier molecular flexibility index (Phi) is 4.94. The minimum Gasteiger partial charge on any atom is -0.503 e. The molecule has 0 atom stereocenters. The molecule has 26 heavy (non-hydrogen) atoms. The summed E-state index contributed by atoms with van der Waals surface area (Å²) in [4.78, 5) is 23.8. The number of rotatable bonds is 4. The molecular weight excluding hydrogens is 330 g/mol. The smallest absolute Gasteiger partial charge is 0.271 e. The molecule has 3 aromatic rings. The third kappa shape index (κ3) is 3.70. The fourth-order valence-electron chi connectivity index (χ4n) is 2.47. The highest BCUT2D eigenvalue weighted by Crippen LogP contribution is 2.17. The number of carbonyl (C=O) groups is 1. The largest absolute Gasteiger partial charge is 0.503 e. The van der Waals surface area contributed by atoms with Crippen molar-refractivity contribution in [3.8, 4) is 11.4 Å². The Morgan fingerprint density at radius 2 is 1.88 bits per heavy atom. The highest BCUT2D eigenvalue weighted by atomic mass is 16.3. The molecule has 2 aromatic carbocycles. The molecule has 1 amide bonds. The number of aromatic nitrogens is 1. The number of benzene rings is 2. The van der Waals surface area contributed by atoms with Crippen LogP contribution in [0.15, 0.2) is 76.8 Å². The third-order valence-corrected chi connectivity index (χ3v) is 3.88. The number of amides is 1. The van der Waals surface area contributed by atoms with Crippen molar-refractivity contribution in [2.75, 3.05) is 0 Å². The van der Waals surface area contributed by atoms with E-state index in [1.54, 1.807) is 48.2 Å². The number of pyridine rings is 1. The molecule has 1 aromatic heterocycles. The zero-order chi connectivity index (χ0) is 18.5. The predicted octanol–water partition coefficient (Wildman–Crippen LogP) is 2.62. The van der Waals surface area contributed by atoms with Gasteiger partial charge >= 0.3 is 0 Å². The molecule has 3 rings (SSSR count). The number of aromatic hydroxyl groups is 1. The minimum absolute atomic E-state index is 0.310. The van der Waals surface area contributed by atoms with Gasteiger partial charge in [-0.05, 0) is 30.7 Å². The van der Waals surface area contributed by atoms with Gasteiger partial charge in [-0.1, -0.05) is 36.4 Å². The Bertz CT molecular complexity index is 1020. The predicted molar refractivity (Wildman–Crippen MR) is 99.9 cm³/mol. The number of hydrogen-bond donors (Lipinski definition) is 2. The fourth-order valence-corrected chi connectivity index (χ4v) is 2.47. The van der Waals surface area contributed by atoms with E-state index in [4.69, 9.17) is 0 Å². The summed E-state index contributed by atoms with van der Waals surface area (Å²) >= 11 is 0. The van der Waals surface area contributed by atoms with E-state index in [-0.39, 0.29) is 11.7 Å². The van der Waals surface area contributed by atoms with Crippen molar-refractivity contribution in [1.82, 2.24) is 9.99 Å². The lowest BCUT2D eigenvalue weighted by molar-refractivity contribution is 0.0955. The van der Waals surface area contributed by atoms with E-state index in [0.717, 1.165) is 5.56 Å². The van der Waals surface area contributed by atoms with E-state index < -0.39 is 5.43 Å². The van der Waals surface area contributed by atoms with Gasteiger partial charge in [0.05, 0.1) is 11.9 Å². The van der Waals surface area contributed by atoms with Crippen LogP contribution in [0.25, 0.3) is 5.69 Å². The van der Waals surface area contributed by atoms with Crippen molar-refractivity contribution in [2.24, 2.45) is 5.10 Å². The second kappa shape index (κ2) is 7.48. The highest BCUT2D eigenvalue weighted by Gasteiger charge is 2.09. The first-order chi connectivity index (χ1) is 12.6. The van der Waals surface area contributed by atoms with Gasteiger partial charge < -0.3 is 9.67 Å². The summed E-state index contributed by atoms with van der Waals surface area (Å²) in [5, 5.41) is 13.8. The van der Waals surface area contributed by atoms with Crippen LogP contribution in [0.4, 0.5) is 0 Å². The molecule has 0 aliphatic rings. The van der Waals surface area contributed by atoms with Crippen molar-refractivity contribution in [1.29, 1.82) is 0 Å². The standard InChI is InChI=1S/C20H17N3O3/c1-14-19(25)18(24)10-11-23(14)17-9-5-8-16(12-17)20(26)22-21-13-15-6-3-2-4-7-15/h2-13,25H,1H3,(H,22,26). The third-order valence-electron chi connectivity index (χ3n) is 3.88. The van der Waals surface area contributed by atoms with E-state index in [0.29, 0.717) is 16.9 Å². The van der Waals surface area contributed by atoms with Crippen LogP contribution < -0.4 is 10.9 Å². The van der Waals surface area contributed by atoms with Crippen molar-refractivity contribution < 1.29 is 9.90 Å². The maximum atomic E-state index is 12.3. The van der Waals surface area contributed by atoms with Gasteiger partial charge in [-0.25, -0.2) is 5.43 Å². The number of hydrogen-bond acceptors (Lipinski definition) is 4. The van der Waals surface area contributed by atoms with Crippen LogP contribution in [0.5, 0.6) is 5.75 Å². The van der Waals surface area contributed by atoms with Crippen molar-refractivity contribution in [3.05, 3.63) is 93.9 Å². The Morgan fingerprint density at radius 1 is 1.12 bits per heavy atom. The Labute approximate surface area is 150 Å². The van der Waals surface area contributed by atoms with Gasteiger partial charge in [-0.3, -0.25) is 9.59 Å². The number of hydrazone groups is 1. The molecule has 1 heterocycles. The summed E-state index contributed by atoms with van der Waals surface area (Å²) in [5.74, 6) is -0.670. The summed E-state index contributed by atoms with van der Waals surface area (Å²) in [6, 6.07) is 17.5. The molecule has 6 heteroatoms. The molecule has 0 aliphatic heterocycles. The number of carbonyl (C=O) groups excluding carboxylic acids is 1. The van der Waals surface area contributed by atoms with Gasteiger partial charge in [-0.2, -0.15) is 5.10 Å². The molecule has 130 valence electrons. The zero-order valence-corrected chi connectivity index (χ0v) is 14.1. The Hall–Kier alpha value is -3.67. The van der Waals surface area contributed by atoms with E-state index in [1.807, 2.05) is 30.3 Å². The van der Waals surface area contributed by atoms with Gasteiger partial charge in [0, 0.05) is 23.5 Å². The van der Waals surface area contributed by atoms with Crippen LogP contribution in [0.3, 0.4) is 0 Å². The molecule has 0 spiro atoms. The second-order valence-corrected chi connectivity index (χ2v) is 5.64. The maximum absolute atomic E-state index is 12.3. The lowest BCUT2D eigenvalue weighted by Crippen LogP contribution is -2.18. The lowest BCUT2D eigenvalue weighted by Gasteiger charge is -2.12. The Balaban J connectivity index is 1.81. The zero-order valence-electron chi connectivity index (χ0n) is 14.1. The number of nitrogens with zero attached hydrogens (tertiary/aromatic N) is 2. The number of nitrogens with one attached hydrogen (secondary N) is 1. The molecule has 0 bridgehead atoms. The van der Waals surface area contributed by atoms with E-state index >= 15 is 0 Å². The first kappa shape index (κ1) is 17.2. The summed E-state index contributed by atoms with van der Waals surface area (Å²) in [7, 11) is 0. The summed E-state index contributed by atoms with van der Waals surface area (Å²) in [5.41, 5.74) is 4.38. The summed E-state index contributed by atoms with van der Waals surface area (Å²) in [6.07, 6.45) is 3.12. The van der Waals surface area contributed by atoms with Crippen molar-refractivity contribution in [3.63, 3.8) is 0 Å². The van der Waals surface area contributed by atoms with E-state index in [2.05, 4.69) is 10.5 Å². The molecule has 0 saturated carbocycles. The van der Waals surface area contributed by atoms with Gasteiger partial charge in [0.15, 0.2) is 5.75 Å². The van der Waals surface area contributed by atoms with Gasteiger partial charge in [0.25, 0.3) is 5.91 Å². The first-order valence-corrected chi connectivity index (χ1v) is 7.96. The molecule has 0 saturated heterocycles. The molecular formula is C20H17N3O3. The van der Waals surface area contributed by atoms with Gasteiger partial charge in [0.2, 0.25) is 5.43 Å². The fraction of sp³-hybridized carbons (Fsp3) is 0.0500. The van der Waals surface area contributed by atoms with E-state index in [1.165, 1.54) is 6.07 Å². The maximum Gasteiger partial charge on any atom is 0.271 e. The first-order valence-electron chi connectivity index (χ1n) is 7.96. The summed E-state index contributed by atoms with van der Waals surface area (Å²) in [6.45, 7) is 1.63.